The second-order valence-corrected chi connectivity index (χ2v) is 4.50. The lowest BCUT2D eigenvalue weighted by atomic mass is 10.3. The summed E-state index contributed by atoms with van der Waals surface area (Å²) in [5.41, 5.74) is 1.95. The van der Waals surface area contributed by atoms with E-state index in [0.29, 0.717) is 0 Å². The highest BCUT2D eigenvalue weighted by Crippen LogP contribution is 2.01. The van der Waals surface area contributed by atoms with E-state index >= 15 is 0 Å². The van der Waals surface area contributed by atoms with Gasteiger partial charge < -0.3 is 9.47 Å². The molecule has 2 heterocycles. The molecule has 0 amide bonds. The van der Waals surface area contributed by atoms with Crippen molar-refractivity contribution in [2.75, 3.05) is 52.6 Å². The summed E-state index contributed by atoms with van der Waals surface area (Å²) in [6, 6.07) is 0. The van der Waals surface area contributed by atoms with Crippen LogP contribution in [0.4, 0.5) is 0 Å². The smallest absolute Gasteiger partial charge is 0.0803 e. The fourth-order valence-corrected chi connectivity index (χ4v) is 1.88. The summed E-state index contributed by atoms with van der Waals surface area (Å²) in [5.74, 6) is 0. The predicted molar refractivity (Wildman–Crippen MR) is 71.0 cm³/mol. The van der Waals surface area contributed by atoms with E-state index in [9.17, 15) is 0 Å². The van der Waals surface area contributed by atoms with Gasteiger partial charge in [0.25, 0.3) is 0 Å². The third kappa shape index (κ3) is 3.96. The van der Waals surface area contributed by atoms with Gasteiger partial charge in [0.05, 0.1) is 64.0 Å². The van der Waals surface area contributed by atoms with Gasteiger partial charge in [-0.1, -0.05) is 0 Å². The fraction of sp³-hybridized carbons (Fsp3) is 0.833. The van der Waals surface area contributed by atoms with Gasteiger partial charge >= 0.3 is 0 Å². The molecule has 18 heavy (non-hydrogen) atoms. The van der Waals surface area contributed by atoms with Crippen LogP contribution in [0.5, 0.6) is 0 Å². The number of rotatable bonds is 3. The van der Waals surface area contributed by atoms with Gasteiger partial charge in [0.1, 0.15) is 0 Å². The maximum atomic E-state index is 5.30. The average Bonchev–Trinajstić information content (AvgIpc) is 2.41. The average molecular weight is 254 g/mol. The third-order valence-electron chi connectivity index (χ3n) is 3.08. The maximum absolute atomic E-state index is 5.30. The molecule has 0 radical (unpaired) electrons. The summed E-state index contributed by atoms with van der Waals surface area (Å²) < 4.78 is 10.6. The molecule has 0 bridgehead atoms. The first kappa shape index (κ1) is 13.3. The van der Waals surface area contributed by atoms with Crippen molar-refractivity contribution in [1.29, 1.82) is 0 Å². The molecule has 0 atom stereocenters. The van der Waals surface area contributed by atoms with Gasteiger partial charge in [-0.2, -0.15) is 10.2 Å². The Kier molecular flexibility index (Phi) is 4.95. The normalized spacial score (nSPS) is 23.4. The summed E-state index contributed by atoms with van der Waals surface area (Å²) in [6.45, 7) is 10.5. The highest BCUT2D eigenvalue weighted by molar-refractivity contribution is 6.40. The van der Waals surface area contributed by atoms with Crippen molar-refractivity contribution in [1.82, 2.24) is 10.0 Å². The van der Waals surface area contributed by atoms with Gasteiger partial charge in [-0.15, -0.1) is 0 Å². The van der Waals surface area contributed by atoms with Gasteiger partial charge in [-0.05, 0) is 13.8 Å². The summed E-state index contributed by atoms with van der Waals surface area (Å²) in [4.78, 5) is 0. The van der Waals surface area contributed by atoms with Gasteiger partial charge in [-0.3, -0.25) is 10.0 Å². The second kappa shape index (κ2) is 6.70. The highest BCUT2D eigenvalue weighted by atomic mass is 16.5. The largest absolute Gasteiger partial charge is 0.378 e. The standard InChI is InChI=1S/C12H22N4O2/c1-11(13-15-3-7-17-8-4-15)12(2)14-16-5-9-18-10-6-16/h3-10H2,1-2H3/b13-11-,14-12+. The first-order chi connectivity index (χ1) is 8.75. The van der Waals surface area contributed by atoms with Gasteiger partial charge in [0.15, 0.2) is 0 Å². The van der Waals surface area contributed by atoms with E-state index < -0.39 is 0 Å². The van der Waals surface area contributed by atoms with Gasteiger partial charge in [0, 0.05) is 0 Å². The number of hydrazone groups is 2. The minimum atomic E-state index is 0.760. The fourth-order valence-electron chi connectivity index (χ4n) is 1.88. The summed E-state index contributed by atoms with van der Waals surface area (Å²) in [6.07, 6.45) is 0. The van der Waals surface area contributed by atoms with Crippen molar-refractivity contribution in [2.45, 2.75) is 13.8 Å². The third-order valence-corrected chi connectivity index (χ3v) is 3.08. The zero-order chi connectivity index (χ0) is 12.8. The summed E-state index contributed by atoms with van der Waals surface area (Å²) in [5, 5.41) is 13.3. The quantitative estimate of drug-likeness (QED) is 0.684. The predicted octanol–water partition coefficient (Wildman–Crippen LogP) is 0.403. The molecule has 0 unspecified atom stereocenters. The molecule has 0 aliphatic carbocycles. The Bertz CT molecular complexity index is 286. The molecule has 0 aromatic carbocycles. The van der Waals surface area contributed by atoms with Crippen LogP contribution in [-0.4, -0.2) is 74.0 Å². The Labute approximate surface area is 108 Å². The van der Waals surface area contributed by atoms with Crippen molar-refractivity contribution >= 4 is 11.4 Å². The van der Waals surface area contributed by atoms with E-state index in [1.54, 1.807) is 0 Å². The maximum Gasteiger partial charge on any atom is 0.0803 e. The lowest BCUT2D eigenvalue weighted by Gasteiger charge is -2.26. The van der Waals surface area contributed by atoms with E-state index in [0.717, 1.165) is 64.0 Å². The van der Waals surface area contributed by atoms with Crippen LogP contribution >= 0.6 is 0 Å². The van der Waals surface area contributed by atoms with Crippen molar-refractivity contribution in [3.8, 4) is 0 Å². The van der Waals surface area contributed by atoms with E-state index in [4.69, 9.17) is 9.47 Å². The Morgan fingerprint density at radius 1 is 0.722 bits per heavy atom. The first-order valence-corrected chi connectivity index (χ1v) is 6.52. The highest BCUT2D eigenvalue weighted by Gasteiger charge is 2.11. The second-order valence-electron chi connectivity index (χ2n) is 4.50. The number of hydrogen-bond acceptors (Lipinski definition) is 6. The number of nitrogens with zero attached hydrogens (tertiary/aromatic N) is 4. The van der Waals surface area contributed by atoms with Crippen LogP contribution in [0.1, 0.15) is 13.8 Å². The summed E-state index contributed by atoms with van der Waals surface area (Å²) in [7, 11) is 0. The minimum absolute atomic E-state index is 0.760. The molecule has 2 aliphatic heterocycles. The topological polar surface area (TPSA) is 49.7 Å². The summed E-state index contributed by atoms with van der Waals surface area (Å²) >= 11 is 0. The number of hydrogen-bond donors (Lipinski definition) is 0. The molecular formula is C12H22N4O2. The Hall–Kier alpha value is -1.14. The Balaban J connectivity index is 1.91. The minimum Gasteiger partial charge on any atom is -0.378 e. The molecule has 2 saturated heterocycles. The van der Waals surface area contributed by atoms with Crippen LogP contribution in [0, 0.1) is 0 Å². The van der Waals surface area contributed by atoms with Crippen LogP contribution in [-0.2, 0) is 9.47 Å². The molecule has 0 spiro atoms. The van der Waals surface area contributed by atoms with E-state index in [1.165, 1.54) is 0 Å². The van der Waals surface area contributed by atoms with Crippen LogP contribution < -0.4 is 0 Å². The van der Waals surface area contributed by atoms with Crippen LogP contribution in [0.15, 0.2) is 10.2 Å². The van der Waals surface area contributed by atoms with Gasteiger partial charge in [0.2, 0.25) is 0 Å². The molecule has 6 nitrogen and oxygen atoms in total. The molecule has 0 saturated carbocycles. The number of ether oxygens (including phenoxy) is 2. The van der Waals surface area contributed by atoms with Gasteiger partial charge in [-0.25, -0.2) is 0 Å². The van der Waals surface area contributed by atoms with Crippen LogP contribution in [0.25, 0.3) is 0 Å². The van der Waals surface area contributed by atoms with Crippen LogP contribution in [0.3, 0.4) is 0 Å². The van der Waals surface area contributed by atoms with E-state index in [-0.39, 0.29) is 0 Å². The SMILES string of the molecule is CC(=N/N1CCOCC1)/C(C)=N/N1CCOCC1. The molecule has 2 fully saturated rings. The van der Waals surface area contributed by atoms with E-state index in [2.05, 4.69) is 20.2 Å². The van der Waals surface area contributed by atoms with Crippen LogP contribution in [0.2, 0.25) is 0 Å². The molecule has 0 aromatic heterocycles. The molecule has 102 valence electrons. The number of morpholine rings is 2. The Morgan fingerprint density at radius 2 is 1.06 bits per heavy atom. The Morgan fingerprint density at radius 3 is 1.39 bits per heavy atom. The van der Waals surface area contributed by atoms with Crippen molar-refractivity contribution in [3.05, 3.63) is 0 Å². The zero-order valence-electron chi connectivity index (χ0n) is 11.3. The lowest BCUT2D eigenvalue weighted by Crippen LogP contribution is -2.35. The molecular weight excluding hydrogens is 232 g/mol. The molecule has 6 heteroatoms. The van der Waals surface area contributed by atoms with E-state index in [1.807, 2.05) is 13.8 Å². The molecule has 2 aliphatic rings. The zero-order valence-corrected chi connectivity index (χ0v) is 11.3. The molecule has 0 N–H and O–H groups in total. The lowest BCUT2D eigenvalue weighted by molar-refractivity contribution is 0.0386. The molecule has 0 aromatic rings. The molecule has 2 rings (SSSR count). The first-order valence-electron chi connectivity index (χ1n) is 6.52. The van der Waals surface area contributed by atoms with Crippen molar-refractivity contribution in [3.63, 3.8) is 0 Å². The van der Waals surface area contributed by atoms with Crippen molar-refractivity contribution < 1.29 is 9.47 Å². The monoisotopic (exact) mass is 254 g/mol. The van der Waals surface area contributed by atoms with Crippen molar-refractivity contribution in [2.24, 2.45) is 10.2 Å².